The molecule has 0 radical (unpaired) electrons. The number of carbonyl (C=O) groups excluding carboxylic acids is 1. The molecule has 1 amide bonds. The van der Waals surface area contributed by atoms with E-state index in [0.717, 1.165) is 10.7 Å². The third-order valence-electron chi connectivity index (χ3n) is 4.65. The monoisotopic (exact) mass is 417 g/mol. The van der Waals surface area contributed by atoms with Crippen LogP contribution in [0.3, 0.4) is 0 Å². The molecule has 3 N–H and O–H groups in total. The molecule has 150 valence electrons. The van der Waals surface area contributed by atoms with Gasteiger partial charge in [-0.05, 0) is 30.5 Å². The fraction of sp³-hybridized carbons (Fsp3) is 0.529. The van der Waals surface area contributed by atoms with E-state index in [1.807, 2.05) is 0 Å². The van der Waals surface area contributed by atoms with Gasteiger partial charge >= 0.3 is 5.97 Å². The number of hydrogen-bond acceptors (Lipinski definition) is 4. The lowest BCUT2D eigenvalue weighted by atomic mass is 9.81. The van der Waals surface area contributed by atoms with E-state index in [4.69, 9.17) is 11.6 Å². The number of halogens is 1. The molecule has 1 saturated carbocycles. The smallest absolute Gasteiger partial charge is 0.330 e. The number of benzene rings is 1. The molecule has 1 atom stereocenters. The zero-order valence-electron chi connectivity index (χ0n) is 15.2. The van der Waals surface area contributed by atoms with Crippen LogP contribution in [-0.2, 0) is 19.8 Å². The van der Waals surface area contributed by atoms with Crippen LogP contribution in [0.5, 0.6) is 0 Å². The second kappa shape index (κ2) is 8.55. The van der Waals surface area contributed by atoms with Gasteiger partial charge in [-0.25, -0.2) is 4.79 Å². The molecule has 1 aliphatic carbocycles. The van der Waals surface area contributed by atoms with Gasteiger partial charge < -0.3 is 10.4 Å². The van der Waals surface area contributed by atoms with Crippen LogP contribution in [-0.4, -0.2) is 49.3 Å². The van der Waals surface area contributed by atoms with Gasteiger partial charge in [0.05, 0.1) is 0 Å². The topological polar surface area (TPSA) is 116 Å². The number of carboxylic acid groups (broad SMARTS) is 1. The van der Waals surface area contributed by atoms with Crippen molar-refractivity contribution in [1.29, 1.82) is 0 Å². The SMILES string of the molecule is CN(C)S(=O)(=O)NC1(C(=O)NC(C(=O)O)c2cccc(Cl)c2)CCCCC1. The summed E-state index contributed by atoms with van der Waals surface area (Å²) in [5.74, 6) is -1.91. The van der Waals surface area contributed by atoms with E-state index in [1.165, 1.54) is 20.2 Å². The summed E-state index contributed by atoms with van der Waals surface area (Å²) >= 11 is 5.93. The number of nitrogens with zero attached hydrogens (tertiary/aromatic N) is 1. The average Bonchev–Trinajstić information content (AvgIpc) is 2.59. The lowest BCUT2D eigenvalue weighted by Crippen LogP contribution is -2.62. The Morgan fingerprint density at radius 3 is 2.37 bits per heavy atom. The Labute approximate surface area is 164 Å². The zero-order valence-corrected chi connectivity index (χ0v) is 16.8. The van der Waals surface area contributed by atoms with Crippen LogP contribution < -0.4 is 10.0 Å². The number of amides is 1. The highest BCUT2D eigenvalue weighted by Gasteiger charge is 2.44. The fourth-order valence-corrected chi connectivity index (χ4v) is 4.28. The summed E-state index contributed by atoms with van der Waals surface area (Å²) in [4.78, 5) is 24.8. The van der Waals surface area contributed by atoms with E-state index in [9.17, 15) is 23.1 Å². The Kier molecular flexibility index (Phi) is 6.85. The molecule has 1 aromatic rings. The molecule has 0 heterocycles. The molecule has 2 rings (SSSR count). The van der Waals surface area contributed by atoms with E-state index in [0.29, 0.717) is 36.3 Å². The van der Waals surface area contributed by atoms with Gasteiger partial charge in [0.1, 0.15) is 5.54 Å². The maximum absolute atomic E-state index is 13.0. The van der Waals surface area contributed by atoms with Crippen LogP contribution in [0.4, 0.5) is 0 Å². The second-order valence-electron chi connectivity index (χ2n) is 6.83. The molecule has 0 bridgehead atoms. The molecular weight excluding hydrogens is 394 g/mol. The molecule has 27 heavy (non-hydrogen) atoms. The number of aliphatic carboxylic acids is 1. The van der Waals surface area contributed by atoms with Gasteiger partial charge in [0.15, 0.2) is 6.04 Å². The van der Waals surface area contributed by atoms with Gasteiger partial charge in [-0.15, -0.1) is 0 Å². The summed E-state index contributed by atoms with van der Waals surface area (Å²) in [6.07, 6.45) is 2.81. The Morgan fingerprint density at radius 1 is 1.22 bits per heavy atom. The van der Waals surface area contributed by atoms with Crippen molar-refractivity contribution >= 4 is 33.7 Å². The molecule has 8 nitrogen and oxygen atoms in total. The van der Waals surface area contributed by atoms with Crippen molar-refractivity contribution in [2.75, 3.05) is 14.1 Å². The van der Waals surface area contributed by atoms with Gasteiger partial charge in [0, 0.05) is 19.1 Å². The summed E-state index contributed by atoms with van der Waals surface area (Å²) in [7, 11) is -1.15. The lowest BCUT2D eigenvalue weighted by Gasteiger charge is -2.37. The molecule has 0 spiro atoms. The average molecular weight is 418 g/mol. The minimum Gasteiger partial charge on any atom is -0.479 e. The van der Waals surface area contributed by atoms with Gasteiger partial charge in [-0.3, -0.25) is 4.79 Å². The number of carbonyl (C=O) groups is 2. The molecule has 1 unspecified atom stereocenters. The van der Waals surface area contributed by atoms with E-state index < -0.39 is 33.7 Å². The van der Waals surface area contributed by atoms with Crippen LogP contribution in [0.25, 0.3) is 0 Å². The van der Waals surface area contributed by atoms with E-state index in [2.05, 4.69) is 10.0 Å². The summed E-state index contributed by atoms with van der Waals surface area (Å²) in [5, 5.41) is 12.4. The normalized spacial score (nSPS) is 18.1. The Hall–Kier alpha value is -1.68. The number of hydrogen-bond donors (Lipinski definition) is 3. The third kappa shape index (κ3) is 5.19. The first-order valence-electron chi connectivity index (χ1n) is 8.58. The molecule has 0 aliphatic heterocycles. The first-order valence-corrected chi connectivity index (χ1v) is 10.4. The number of carboxylic acids is 1. The standard InChI is InChI=1S/C17H24ClN3O5S/c1-21(2)27(25,26)20-17(9-4-3-5-10-17)16(24)19-14(15(22)23)12-7-6-8-13(18)11-12/h6-8,11,14,20H,3-5,9-10H2,1-2H3,(H,19,24)(H,22,23). The predicted molar refractivity (Wildman–Crippen MR) is 102 cm³/mol. The lowest BCUT2D eigenvalue weighted by molar-refractivity contribution is -0.143. The summed E-state index contributed by atoms with van der Waals surface area (Å²) < 4.78 is 28.2. The molecule has 0 aromatic heterocycles. The van der Waals surface area contributed by atoms with Crippen LogP contribution in [0.2, 0.25) is 5.02 Å². The minimum absolute atomic E-state index is 0.299. The van der Waals surface area contributed by atoms with Gasteiger partial charge in [-0.1, -0.05) is 43.0 Å². The number of nitrogens with one attached hydrogen (secondary N) is 2. The molecule has 1 aromatic carbocycles. The van der Waals surface area contributed by atoms with Crippen molar-refractivity contribution in [3.8, 4) is 0 Å². The minimum atomic E-state index is -3.87. The van der Waals surface area contributed by atoms with Crippen LogP contribution in [0.1, 0.15) is 43.7 Å². The van der Waals surface area contributed by atoms with E-state index in [-0.39, 0.29) is 0 Å². The highest BCUT2D eigenvalue weighted by molar-refractivity contribution is 7.87. The van der Waals surface area contributed by atoms with Crippen molar-refractivity contribution in [2.24, 2.45) is 0 Å². The van der Waals surface area contributed by atoms with Crippen molar-refractivity contribution in [2.45, 2.75) is 43.7 Å². The molecule has 1 aliphatic rings. The molecular formula is C17H24ClN3O5S. The summed E-state index contributed by atoms with van der Waals surface area (Å²) in [6.45, 7) is 0. The van der Waals surface area contributed by atoms with Crippen molar-refractivity contribution in [3.05, 3.63) is 34.9 Å². The Balaban J connectivity index is 2.32. The highest BCUT2D eigenvalue weighted by atomic mass is 35.5. The second-order valence-corrected chi connectivity index (χ2v) is 9.15. The van der Waals surface area contributed by atoms with Crippen LogP contribution in [0.15, 0.2) is 24.3 Å². The zero-order chi connectivity index (χ0) is 20.2. The first-order chi connectivity index (χ1) is 12.6. The van der Waals surface area contributed by atoms with Crippen molar-refractivity contribution < 1.29 is 23.1 Å². The van der Waals surface area contributed by atoms with E-state index >= 15 is 0 Å². The Bertz CT molecular complexity index is 807. The van der Waals surface area contributed by atoms with Crippen molar-refractivity contribution in [3.63, 3.8) is 0 Å². The predicted octanol–water partition coefficient (Wildman–Crippen LogP) is 1.68. The van der Waals surface area contributed by atoms with E-state index in [1.54, 1.807) is 18.2 Å². The van der Waals surface area contributed by atoms with Gasteiger partial charge in [0.2, 0.25) is 5.91 Å². The third-order valence-corrected chi connectivity index (χ3v) is 6.50. The molecule has 10 heteroatoms. The first kappa shape index (κ1) is 21.6. The fourth-order valence-electron chi connectivity index (χ4n) is 3.11. The highest BCUT2D eigenvalue weighted by Crippen LogP contribution is 2.30. The van der Waals surface area contributed by atoms with Crippen LogP contribution in [0, 0.1) is 0 Å². The van der Waals surface area contributed by atoms with Gasteiger partial charge in [-0.2, -0.15) is 17.4 Å². The summed E-state index contributed by atoms with van der Waals surface area (Å²) in [5.41, 5.74) is -1.07. The largest absolute Gasteiger partial charge is 0.479 e. The maximum atomic E-state index is 13.0. The Morgan fingerprint density at radius 2 is 1.85 bits per heavy atom. The van der Waals surface area contributed by atoms with Crippen LogP contribution >= 0.6 is 11.6 Å². The quantitative estimate of drug-likeness (QED) is 0.624. The van der Waals surface area contributed by atoms with Gasteiger partial charge in [0.25, 0.3) is 10.2 Å². The number of rotatable bonds is 7. The molecule has 0 saturated heterocycles. The van der Waals surface area contributed by atoms with Crippen molar-refractivity contribution in [1.82, 2.24) is 14.3 Å². The summed E-state index contributed by atoms with van der Waals surface area (Å²) in [6, 6.07) is 4.85. The molecule has 1 fully saturated rings. The maximum Gasteiger partial charge on any atom is 0.330 e.